The minimum Gasteiger partial charge on any atom is -0.438 e. The van der Waals surface area contributed by atoms with E-state index in [0.29, 0.717) is 47.6 Å². The third kappa shape index (κ3) is 10.4. The average Bonchev–Trinajstić information content (AvgIpc) is 3.11. The summed E-state index contributed by atoms with van der Waals surface area (Å²) in [5, 5.41) is 17.7. The summed E-state index contributed by atoms with van der Waals surface area (Å²) in [5.74, 6) is 2.07. The number of anilines is 3. The summed E-state index contributed by atoms with van der Waals surface area (Å²) in [4.78, 5) is 13.5. The molecule has 12 nitrogen and oxygen atoms in total. The molecule has 0 fully saturated rings. The number of benzene rings is 3. The maximum Gasteiger partial charge on any atom is 0.475 e. The Labute approximate surface area is 310 Å². The van der Waals surface area contributed by atoms with Gasteiger partial charge in [-0.25, -0.2) is 19.5 Å². The van der Waals surface area contributed by atoms with Crippen molar-refractivity contribution in [3.63, 3.8) is 0 Å². The van der Waals surface area contributed by atoms with Crippen LogP contribution in [0.2, 0.25) is 0 Å². The third-order valence-corrected chi connectivity index (χ3v) is 9.44. The fourth-order valence-corrected chi connectivity index (χ4v) is 7.15. The molecule has 13 heteroatoms. The number of rotatable bonds is 14. The molecule has 6 rings (SSSR count). The van der Waals surface area contributed by atoms with Crippen molar-refractivity contribution in [2.75, 3.05) is 23.8 Å². The molecule has 0 spiro atoms. The molecule has 0 aliphatic heterocycles. The van der Waals surface area contributed by atoms with Crippen molar-refractivity contribution in [2.45, 2.75) is 59.2 Å². The molecule has 6 aromatic rings. The SMILES string of the molecule is CC(C)(C)OP(=O)(OCCCNc1nccc(-c2cccnc2Oc2ccc(Nc3nnc(-c4ccccc4)c4ccccc34)cc2)n1)OC(C)(C)C. The normalized spacial score (nSPS) is 12.1. The second kappa shape index (κ2) is 16.2. The Balaban J connectivity index is 1.09. The van der Waals surface area contributed by atoms with Gasteiger partial charge in [-0.2, -0.15) is 0 Å². The van der Waals surface area contributed by atoms with E-state index < -0.39 is 19.0 Å². The molecular weight excluding hydrogens is 689 g/mol. The molecule has 0 aliphatic rings. The molecule has 3 aromatic heterocycles. The number of hydrogen-bond acceptors (Lipinski definition) is 12. The van der Waals surface area contributed by atoms with E-state index >= 15 is 0 Å². The maximum absolute atomic E-state index is 13.3. The number of nitrogens with zero attached hydrogens (tertiary/aromatic N) is 5. The lowest BCUT2D eigenvalue weighted by atomic mass is 10.0. The van der Waals surface area contributed by atoms with Gasteiger partial charge in [-0.1, -0.05) is 54.6 Å². The number of phosphoric acid groups is 1. The van der Waals surface area contributed by atoms with Crippen molar-refractivity contribution in [3.8, 4) is 34.1 Å². The highest BCUT2D eigenvalue weighted by molar-refractivity contribution is 7.48. The van der Waals surface area contributed by atoms with E-state index in [1.54, 1.807) is 60.0 Å². The van der Waals surface area contributed by atoms with Gasteiger partial charge in [0.25, 0.3) is 0 Å². The highest BCUT2D eigenvalue weighted by Gasteiger charge is 2.37. The van der Waals surface area contributed by atoms with E-state index in [0.717, 1.165) is 27.7 Å². The number of aromatic nitrogens is 5. The molecule has 0 saturated carbocycles. The summed E-state index contributed by atoms with van der Waals surface area (Å²) in [6.07, 6.45) is 3.84. The molecule has 2 N–H and O–H groups in total. The summed E-state index contributed by atoms with van der Waals surface area (Å²) >= 11 is 0. The number of ether oxygens (including phenoxy) is 1. The molecule has 3 aromatic carbocycles. The van der Waals surface area contributed by atoms with Crippen LogP contribution in [0.25, 0.3) is 33.3 Å². The number of nitrogens with one attached hydrogen (secondary N) is 2. The zero-order valence-electron chi connectivity index (χ0n) is 30.7. The van der Waals surface area contributed by atoms with Crippen LogP contribution < -0.4 is 15.4 Å². The Morgan fingerprint density at radius 3 is 2.13 bits per heavy atom. The van der Waals surface area contributed by atoms with E-state index in [1.807, 2.05) is 84.9 Å². The number of hydrogen-bond donors (Lipinski definition) is 2. The van der Waals surface area contributed by atoms with Gasteiger partial charge >= 0.3 is 7.82 Å². The van der Waals surface area contributed by atoms with Crippen molar-refractivity contribution in [1.29, 1.82) is 0 Å². The van der Waals surface area contributed by atoms with E-state index in [2.05, 4.69) is 41.8 Å². The Hall–Kier alpha value is -5.26. The summed E-state index contributed by atoms with van der Waals surface area (Å²) in [6, 6.07) is 31.2. The van der Waals surface area contributed by atoms with Crippen LogP contribution in [0.15, 0.2) is 109 Å². The molecule has 0 amide bonds. The zero-order chi connectivity index (χ0) is 37.5. The summed E-state index contributed by atoms with van der Waals surface area (Å²) < 4.78 is 36.6. The molecule has 0 atom stereocenters. The molecule has 0 saturated heterocycles. The van der Waals surface area contributed by atoms with Crippen LogP contribution in [0, 0.1) is 0 Å². The average molecular weight is 734 g/mol. The second-order valence-electron chi connectivity index (χ2n) is 14.1. The zero-order valence-corrected chi connectivity index (χ0v) is 31.6. The lowest BCUT2D eigenvalue weighted by Gasteiger charge is -2.30. The van der Waals surface area contributed by atoms with Gasteiger partial charge in [0, 0.05) is 41.0 Å². The van der Waals surface area contributed by atoms with Crippen LogP contribution in [0.3, 0.4) is 0 Å². The van der Waals surface area contributed by atoms with Gasteiger partial charge in [-0.05, 0) is 90.4 Å². The van der Waals surface area contributed by atoms with Gasteiger partial charge in [0.05, 0.1) is 29.1 Å². The summed E-state index contributed by atoms with van der Waals surface area (Å²) in [6.45, 7) is 11.4. The van der Waals surface area contributed by atoms with Crippen LogP contribution in [0.4, 0.5) is 17.5 Å². The van der Waals surface area contributed by atoms with Crippen molar-refractivity contribution in [3.05, 3.63) is 109 Å². The quantitative estimate of drug-likeness (QED) is 0.0812. The highest BCUT2D eigenvalue weighted by Crippen LogP contribution is 2.55. The predicted molar refractivity (Wildman–Crippen MR) is 208 cm³/mol. The molecule has 0 bridgehead atoms. The summed E-state index contributed by atoms with van der Waals surface area (Å²) in [7, 11) is -3.79. The topological polar surface area (TPSA) is 142 Å². The first-order valence-corrected chi connectivity index (χ1v) is 18.8. The minimum atomic E-state index is -3.79. The Bertz CT molecular complexity index is 2170. The second-order valence-corrected chi connectivity index (χ2v) is 15.7. The monoisotopic (exact) mass is 733 g/mol. The van der Waals surface area contributed by atoms with Crippen LogP contribution in [0.1, 0.15) is 48.0 Å². The van der Waals surface area contributed by atoms with Crippen LogP contribution in [0.5, 0.6) is 11.6 Å². The molecule has 0 unspecified atom stereocenters. The van der Waals surface area contributed by atoms with E-state index in [1.165, 1.54) is 0 Å². The van der Waals surface area contributed by atoms with Crippen LogP contribution >= 0.6 is 7.82 Å². The van der Waals surface area contributed by atoms with Crippen molar-refractivity contribution < 1.29 is 22.9 Å². The number of pyridine rings is 1. The minimum absolute atomic E-state index is 0.148. The van der Waals surface area contributed by atoms with Crippen LogP contribution in [-0.2, 0) is 18.1 Å². The fraction of sp³-hybridized carbons (Fsp3) is 0.275. The molecule has 274 valence electrons. The van der Waals surface area contributed by atoms with Gasteiger partial charge in [0.1, 0.15) is 11.4 Å². The third-order valence-electron chi connectivity index (χ3n) is 7.39. The van der Waals surface area contributed by atoms with Crippen molar-refractivity contribution in [2.24, 2.45) is 0 Å². The predicted octanol–water partition coefficient (Wildman–Crippen LogP) is 10.2. The molecule has 0 radical (unpaired) electrons. The number of phosphoric ester groups is 1. The van der Waals surface area contributed by atoms with Gasteiger partial charge < -0.3 is 15.4 Å². The summed E-state index contributed by atoms with van der Waals surface area (Å²) in [5.41, 5.74) is 2.59. The largest absolute Gasteiger partial charge is 0.475 e. The number of fused-ring (bicyclic) bond motifs is 1. The van der Waals surface area contributed by atoms with Gasteiger partial charge in [0.2, 0.25) is 11.8 Å². The van der Waals surface area contributed by atoms with Gasteiger partial charge in [-0.3, -0.25) is 13.6 Å². The molecule has 0 aliphatic carbocycles. The Morgan fingerprint density at radius 2 is 1.42 bits per heavy atom. The molecule has 53 heavy (non-hydrogen) atoms. The van der Waals surface area contributed by atoms with Crippen LogP contribution in [-0.4, -0.2) is 49.5 Å². The first-order chi connectivity index (χ1) is 25.3. The standard InChI is InChI=1S/C40H44N7O5P/c1-39(2,3)51-53(48,52-40(4,5)6)49-27-13-25-42-38-43-26-23-34(45-38)33-18-12-24-41-37(33)50-30-21-19-29(20-22-30)44-36-32-17-11-10-16-31(32)35(46-47-36)28-14-8-7-9-15-28/h7-12,14-24,26H,13,25,27H2,1-6H3,(H,44,47)(H,42,43,45). The molecule has 3 heterocycles. The van der Waals surface area contributed by atoms with E-state index in [4.69, 9.17) is 18.3 Å². The van der Waals surface area contributed by atoms with Gasteiger partial charge in [-0.15, -0.1) is 10.2 Å². The lowest BCUT2D eigenvalue weighted by Crippen LogP contribution is -2.25. The fourth-order valence-electron chi connectivity index (χ4n) is 5.31. The van der Waals surface area contributed by atoms with E-state index in [9.17, 15) is 4.57 Å². The lowest BCUT2D eigenvalue weighted by molar-refractivity contribution is 0.00338. The maximum atomic E-state index is 13.3. The van der Waals surface area contributed by atoms with E-state index in [-0.39, 0.29) is 6.61 Å². The van der Waals surface area contributed by atoms with Crippen molar-refractivity contribution >= 4 is 36.0 Å². The Morgan fingerprint density at radius 1 is 0.717 bits per heavy atom. The highest BCUT2D eigenvalue weighted by atomic mass is 31.2. The first kappa shape index (κ1) is 37.5. The Kier molecular flexibility index (Phi) is 11.4. The van der Waals surface area contributed by atoms with Gasteiger partial charge in [0.15, 0.2) is 5.82 Å². The first-order valence-electron chi connectivity index (χ1n) is 17.4. The smallest absolute Gasteiger partial charge is 0.438 e. The molecular formula is C40H44N7O5P. The van der Waals surface area contributed by atoms with Crippen molar-refractivity contribution in [1.82, 2.24) is 25.1 Å².